The van der Waals surface area contributed by atoms with Gasteiger partial charge >= 0.3 is 8.26 Å². The maximum Gasteiger partial charge on any atom is 0.317 e. The molecule has 0 aliphatic rings. The van der Waals surface area contributed by atoms with Gasteiger partial charge in [-0.1, -0.05) is 30.3 Å². The summed E-state index contributed by atoms with van der Waals surface area (Å²) in [5.74, 6) is 0.0333. The molecule has 96 valence electrons. The van der Waals surface area contributed by atoms with E-state index >= 15 is 0 Å². The zero-order valence-corrected chi connectivity index (χ0v) is 11.5. The molecule has 1 aromatic carbocycles. The smallest absolute Gasteiger partial charge is 0.317 e. The molecule has 0 atom stereocenters. The minimum absolute atomic E-state index is 0.0333. The Morgan fingerprint density at radius 1 is 1.24 bits per heavy atom. The van der Waals surface area contributed by atoms with Crippen LogP contribution in [0.3, 0.4) is 0 Å². The molecular weight excluding hydrogens is 285 g/mol. The van der Waals surface area contributed by atoms with Gasteiger partial charge in [0, 0.05) is 34.8 Å². The Labute approximate surface area is 110 Å². The zero-order chi connectivity index (χ0) is 13.3. The molecule has 0 aliphatic heterocycles. The molecule has 1 rings (SSSR count). The SMILES string of the molecule is CC(=O)NCCc1ccccc1.O=S(=O)(Cl)Cl. The van der Waals surface area contributed by atoms with E-state index in [1.165, 1.54) is 12.5 Å². The summed E-state index contributed by atoms with van der Waals surface area (Å²) in [6, 6.07) is 10.1. The normalized spacial score (nSPS) is 10.1. The lowest BCUT2D eigenvalue weighted by Crippen LogP contribution is -2.22. The summed E-state index contributed by atoms with van der Waals surface area (Å²) in [6.45, 7) is 2.25. The van der Waals surface area contributed by atoms with Crippen molar-refractivity contribution in [1.82, 2.24) is 5.32 Å². The third-order valence-corrected chi connectivity index (χ3v) is 1.63. The maximum absolute atomic E-state index is 10.5. The van der Waals surface area contributed by atoms with Crippen LogP contribution in [0.2, 0.25) is 0 Å². The van der Waals surface area contributed by atoms with Gasteiger partial charge in [0.2, 0.25) is 5.91 Å². The van der Waals surface area contributed by atoms with Gasteiger partial charge in [-0.25, -0.2) is 0 Å². The van der Waals surface area contributed by atoms with E-state index in [0.29, 0.717) is 0 Å². The Balaban J connectivity index is 0.000000437. The number of benzene rings is 1. The lowest BCUT2D eigenvalue weighted by atomic mass is 10.1. The Morgan fingerprint density at radius 3 is 2.12 bits per heavy atom. The van der Waals surface area contributed by atoms with Gasteiger partial charge in [0.1, 0.15) is 0 Å². The summed E-state index contributed by atoms with van der Waals surface area (Å²) in [5, 5.41) is 2.76. The van der Waals surface area contributed by atoms with Gasteiger partial charge in [0.05, 0.1) is 0 Å². The van der Waals surface area contributed by atoms with Gasteiger partial charge < -0.3 is 5.32 Å². The van der Waals surface area contributed by atoms with Crippen molar-refractivity contribution in [3.05, 3.63) is 35.9 Å². The van der Waals surface area contributed by atoms with Crippen LogP contribution in [0.25, 0.3) is 0 Å². The van der Waals surface area contributed by atoms with E-state index in [9.17, 15) is 4.79 Å². The van der Waals surface area contributed by atoms with Crippen LogP contribution < -0.4 is 5.32 Å². The molecular formula is C10H13Cl2NO3S. The van der Waals surface area contributed by atoms with Crippen molar-refractivity contribution in [2.24, 2.45) is 0 Å². The monoisotopic (exact) mass is 297 g/mol. The second-order valence-corrected chi connectivity index (χ2v) is 6.77. The van der Waals surface area contributed by atoms with Crippen molar-refractivity contribution in [3.63, 3.8) is 0 Å². The fourth-order valence-corrected chi connectivity index (χ4v) is 1.03. The largest absolute Gasteiger partial charge is 0.356 e. The minimum atomic E-state index is -3.72. The molecule has 4 nitrogen and oxygen atoms in total. The van der Waals surface area contributed by atoms with Crippen molar-refractivity contribution in [2.45, 2.75) is 13.3 Å². The van der Waals surface area contributed by atoms with Gasteiger partial charge in [-0.2, -0.15) is 8.42 Å². The molecule has 1 aromatic rings. The average Bonchev–Trinajstić information content (AvgIpc) is 2.16. The molecule has 1 N–H and O–H groups in total. The molecule has 0 heterocycles. The minimum Gasteiger partial charge on any atom is -0.356 e. The van der Waals surface area contributed by atoms with Crippen LogP contribution in [0, 0.1) is 0 Å². The number of carbonyl (C=O) groups excluding carboxylic acids is 1. The zero-order valence-electron chi connectivity index (χ0n) is 9.19. The van der Waals surface area contributed by atoms with Gasteiger partial charge in [-0.05, 0) is 12.0 Å². The lowest BCUT2D eigenvalue weighted by Gasteiger charge is -2.01. The molecule has 0 radical (unpaired) electrons. The summed E-state index contributed by atoms with van der Waals surface area (Å²) in [6.07, 6.45) is 0.903. The van der Waals surface area contributed by atoms with E-state index in [-0.39, 0.29) is 5.91 Å². The number of nitrogens with one attached hydrogen (secondary N) is 1. The summed E-state index contributed by atoms with van der Waals surface area (Å²) < 4.78 is 18.3. The van der Waals surface area contributed by atoms with Crippen molar-refractivity contribution < 1.29 is 13.2 Å². The number of carbonyl (C=O) groups is 1. The number of hydrogen-bond donors (Lipinski definition) is 1. The third-order valence-electron chi connectivity index (χ3n) is 1.63. The van der Waals surface area contributed by atoms with E-state index < -0.39 is 8.26 Å². The summed E-state index contributed by atoms with van der Waals surface area (Å²) in [4.78, 5) is 10.5. The Hall–Kier alpha value is -0.780. The van der Waals surface area contributed by atoms with Crippen LogP contribution in [-0.2, 0) is 19.5 Å². The van der Waals surface area contributed by atoms with Crippen molar-refractivity contribution >= 4 is 35.5 Å². The number of amides is 1. The lowest BCUT2D eigenvalue weighted by molar-refractivity contribution is -0.118. The van der Waals surface area contributed by atoms with Crippen LogP contribution >= 0.6 is 21.4 Å². The van der Waals surface area contributed by atoms with E-state index in [0.717, 1.165) is 13.0 Å². The van der Waals surface area contributed by atoms with Crippen LogP contribution in [0.4, 0.5) is 0 Å². The standard InChI is InChI=1S/C10H13NO.Cl2O2S/c1-9(12)11-8-7-10-5-3-2-4-6-10;1-5(2,3)4/h2-6H,7-8H2,1H3,(H,11,12);. The quantitative estimate of drug-likeness (QED) is 0.869. The Bertz CT molecular complexity index is 426. The first-order valence-electron chi connectivity index (χ1n) is 4.71. The molecule has 7 heteroatoms. The van der Waals surface area contributed by atoms with Gasteiger partial charge in [-0.15, -0.1) is 0 Å². The predicted molar refractivity (Wildman–Crippen MR) is 69.5 cm³/mol. The fraction of sp³-hybridized carbons (Fsp3) is 0.300. The molecule has 0 spiro atoms. The number of rotatable bonds is 3. The highest BCUT2D eigenvalue weighted by molar-refractivity contribution is 8.31. The summed E-state index contributed by atoms with van der Waals surface area (Å²) in [7, 11) is 4.81. The van der Waals surface area contributed by atoms with Crippen molar-refractivity contribution in [2.75, 3.05) is 6.54 Å². The van der Waals surface area contributed by atoms with Crippen LogP contribution in [0.15, 0.2) is 30.3 Å². The van der Waals surface area contributed by atoms with Crippen LogP contribution in [-0.4, -0.2) is 20.9 Å². The summed E-state index contributed by atoms with van der Waals surface area (Å²) in [5.41, 5.74) is 1.26. The van der Waals surface area contributed by atoms with Crippen LogP contribution in [0.5, 0.6) is 0 Å². The first kappa shape index (κ1) is 16.2. The topological polar surface area (TPSA) is 63.2 Å². The predicted octanol–water partition coefficient (Wildman–Crippen LogP) is 2.07. The second kappa shape index (κ2) is 8.33. The molecule has 0 unspecified atom stereocenters. The maximum atomic E-state index is 10.5. The molecule has 0 aromatic heterocycles. The van der Waals surface area contributed by atoms with E-state index in [2.05, 4.69) is 38.8 Å². The highest BCUT2D eigenvalue weighted by atomic mass is 36.0. The first-order chi connectivity index (χ1) is 7.79. The van der Waals surface area contributed by atoms with Crippen LogP contribution in [0.1, 0.15) is 12.5 Å². The van der Waals surface area contributed by atoms with Crippen molar-refractivity contribution in [3.8, 4) is 0 Å². The second-order valence-electron chi connectivity index (χ2n) is 3.10. The highest BCUT2D eigenvalue weighted by Gasteiger charge is 1.92. The average molecular weight is 298 g/mol. The molecule has 0 aliphatic carbocycles. The summed E-state index contributed by atoms with van der Waals surface area (Å²) >= 11 is 0. The van der Waals surface area contributed by atoms with Gasteiger partial charge in [-0.3, -0.25) is 4.79 Å². The van der Waals surface area contributed by atoms with E-state index in [1.807, 2.05) is 18.2 Å². The molecule has 1 amide bonds. The molecule has 0 fully saturated rings. The fourth-order valence-electron chi connectivity index (χ4n) is 1.03. The Morgan fingerprint density at radius 2 is 1.71 bits per heavy atom. The Kier molecular flexibility index (Phi) is 7.95. The van der Waals surface area contributed by atoms with Gasteiger partial charge in [0.15, 0.2) is 0 Å². The molecule has 17 heavy (non-hydrogen) atoms. The third kappa shape index (κ3) is 15.2. The number of halogens is 2. The highest BCUT2D eigenvalue weighted by Crippen LogP contribution is 1.98. The van der Waals surface area contributed by atoms with Crippen molar-refractivity contribution in [1.29, 1.82) is 0 Å². The molecule has 0 saturated carbocycles. The van der Waals surface area contributed by atoms with E-state index in [1.54, 1.807) is 0 Å². The molecule has 0 saturated heterocycles. The van der Waals surface area contributed by atoms with E-state index in [4.69, 9.17) is 8.42 Å². The molecule has 0 bridgehead atoms. The number of hydrogen-bond acceptors (Lipinski definition) is 3. The van der Waals surface area contributed by atoms with Gasteiger partial charge in [0.25, 0.3) is 0 Å². The first-order valence-corrected chi connectivity index (χ1v) is 7.85.